The number of carbonyl (C=O) groups is 3. The van der Waals surface area contributed by atoms with Gasteiger partial charge in [0.1, 0.15) is 0 Å². The van der Waals surface area contributed by atoms with Crippen LogP contribution in [0.1, 0.15) is 42.6 Å². The minimum absolute atomic E-state index is 0.107. The van der Waals surface area contributed by atoms with E-state index < -0.39 is 5.92 Å². The summed E-state index contributed by atoms with van der Waals surface area (Å²) in [5, 5.41) is 6.30. The molecule has 2 atom stereocenters. The van der Waals surface area contributed by atoms with Gasteiger partial charge in [-0.1, -0.05) is 42.8 Å². The summed E-state index contributed by atoms with van der Waals surface area (Å²) in [5.74, 6) is -0.810. The van der Waals surface area contributed by atoms with E-state index in [1.807, 2.05) is 32.0 Å². The van der Waals surface area contributed by atoms with Gasteiger partial charge in [-0.2, -0.15) is 0 Å². The normalized spacial score (nSPS) is 17.0. The Morgan fingerprint density at radius 2 is 1.87 bits per heavy atom. The minimum atomic E-state index is -0.422. The molecule has 0 unspecified atom stereocenters. The molecule has 0 aromatic heterocycles. The van der Waals surface area contributed by atoms with Gasteiger partial charge in [-0.25, -0.2) is 0 Å². The van der Waals surface area contributed by atoms with Crippen molar-refractivity contribution in [2.24, 2.45) is 5.92 Å². The van der Waals surface area contributed by atoms with Crippen LogP contribution in [0.2, 0.25) is 5.02 Å². The second-order valence-electron chi connectivity index (χ2n) is 7.55. The molecule has 3 amide bonds. The van der Waals surface area contributed by atoms with E-state index in [-0.39, 0.29) is 30.2 Å². The van der Waals surface area contributed by atoms with Crippen LogP contribution in [-0.4, -0.2) is 30.3 Å². The van der Waals surface area contributed by atoms with E-state index >= 15 is 0 Å². The van der Waals surface area contributed by atoms with Crippen molar-refractivity contribution in [3.63, 3.8) is 0 Å². The van der Waals surface area contributed by atoms with Crippen LogP contribution in [0.3, 0.4) is 0 Å². The first kappa shape index (κ1) is 21.8. The zero-order chi connectivity index (χ0) is 21.7. The first-order valence-corrected chi connectivity index (χ1v) is 10.5. The van der Waals surface area contributed by atoms with E-state index in [0.29, 0.717) is 29.4 Å². The van der Waals surface area contributed by atoms with E-state index in [1.165, 1.54) is 0 Å². The Labute approximate surface area is 181 Å². The van der Waals surface area contributed by atoms with Crippen molar-refractivity contribution < 1.29 is 14.4 Å². The first-order valence-electron chi connectivity index (χ1n) is 10.1. The topological polar surface area (TPSA) is 78.5 Å². The molecule has 0 radical (unpaired) electrons. The van der Waals surface area contributed by atoms with Gasteiger partial charge in [-0.15, -0.1) is 0 Å². The van der Waals surface area contributed by atoms with Crippen molar-refractivity contribution in [3.8, 4) is 0 Å². The molecule has 158 valence electrons. The quantitative estimate of drug-likeness (QED) is 0.709. The third kappa shape index (κ3) is 5.19. The Hall–Kier alpha value is -2.86. The number of amides is 3. The Morgan fingerprint density at radius 1 is 1.17 bits per heavy atom. The minimum Gasteiger partial charge on any atom is -0.352 e. The summed E-state index contributed by atoms with van der Waals surface area (Å²) < 4.78 is 0. The van der Waals surface area contributed by atoms with Gasteiger partial charge in [0.25, 0.3) is 5.91 Å². The van der Waals surface area contributed by atoms with Crippen LogP contribution in [0.4, 0.5) is 5.69 Å². The molecule has 3 rings (SSSR count). The van der Waals surface area contributed by atoms with Gasteiger partial charge < -0.3 is 15.5 Å². The van der Waals surface area contributed by atoms with Gasteiger partial charge in [0.05, 0.1) is 16.6 Å². The molecule has 7 heteroatoms. The lowest BCUT2D eigenvalue weighted by atomic mass is 10.1. The summed E-state index contributed by atoms with van der Waals surface area (Å²) in [6.45, 7) is 4.62. The van der Waals surface area contributed by atoms with Crippen LogP contribution >= 0.6 is 11.6 Å². The zero-order valence-corrected chi connectivity index (χ0v) is 17.9. The molecular formula is C23H26ClN3O3. The number of para-hydroxylation sites is 1. The third-order valence-electron chi connectivity index (χ3n) is 5.31. The second-order valence-corrected chi connectivity index (χ2v) is 7.96. The van der Waals surface area contributed by atoms with Gasteiger partial charge in [0.15, 0.2) is 0 Å². The number of rotatable bonds is 7. The number of nitrogens with zero attached hydrogens (tertiary/aromatic N) is 1. The number of hydrogen-bond acceptors (Lipinski definition) is 3. The third-order valence-corrected chi connectivity index (χ3v) is 5.63. The molecule has 1 saturated heterocycles. The number of halogens is 1. The molecule has 1 aliphatic heterocycles. The highest BCUT2D eigenvalue weighted by molar-refractivity contribution is 6.33. The maximum atomic E-state index is 12.6. The maximum Gasteiger partial charge on any atom is 0.251 e. The van der Waals surface area contributed by atoms with Crippen molar-refractivity contribution >= 4 is 35.0 Å². The molecule has 0 aliphatic carbocycles. The molecule has 1 heterocycles. The zero-order valence-electron chi connectivity index (χ0n) is 17.2. The van der Waals surface area contributed by atoms with Crippen LogP contribution in [0.5, 0.6) is 0 Å². The molecular weight excluding hydrogens is 402 g/mol. The average molecular weight is 428 g/mol. The predicted molar refractivity (Wildman–Crippen MR) is 117 cm³/mol. The molecule has 1 fully saturated rings. The fraction of sp³-hybridized carbons (Fsp3) is 0.348. The van der Waals surface area contributed by atoms with Gasteiger partial charge in [0.2, 0.25) is 11.8 Å². The van der Waals surface area contributed by atoms with Crippen molar-refractivity contribution in [1.29, 1.82) is 0 Å². The summed E-state index contributed by atoms with van der Waals surface area (Å²) in [4.78, 5) is 38.6. The largest absolute Gasteiger partial charge is 0.352 e. The Bertz CT molecular complexity index is 930. The molecule has 0 spiro atoms. The molecule has 6 nitrogen and oxygen atoms in total. The highest BCUT2D eigenvalue weighted by Crippen LogP contribution is 2.31. The second kappa shape index (κ2) is 9.76. The number of benzene rings is 2. The molecule has 2 aromatic carbocycles. The SMILES string of the molecule is CC[C@H](C)NC(=O)c1ccc(CNC(=O)[C@H]2CC(=O)N(c3ccccc3Cl)C2)cc1. The number of nitrogens with one attached hydrogen (secondary N) is 2. The van der Waals surface area contributed by atoms with Crippen molar-refractivity contribution in [3.05, 3.63) is 64.7 Å². The van der Waals surface area contributed by atoms with Gasteiger partial charge in [-0.3, -0.25) is 14.4 Å². The lowest BCUT2D eigenvalue weighted by Gasteiger charge is -2.18. The van der Waals surface area contributed by atoms with Crippen LogP contribution in [-0.2, 0) is 16.1 Å². The van der Waals surface area contributed by atoms with E-state index in [0.717, 1.165) is 12.0 Å². The first-order chi connectivity index (χ1) is 14.4. The maximum absolute atomic E-state index is 12.6. The molecule has 2 aromatic rings. The average Bonchev–Trinajstić information content (AvgIpc) is 3.14. The van der Waals surface area contributed by atoms with Gasteiger partial charge in [0, 0.05) is 31.1 Å². The summed E-state index contributed by atoms with van der Waals surface area (Å²) in [7, 11) is 0. The van der Waals surface area contributed by atoms with Crippen LogP contribution in [0, 0.1) is 5.92 Å². The van der Waals surface area contributed by atoms with E-state index in [1.54, 1.807) is 35.2 Å². The fourth-order valence-corrected chi connectivity index (χ4v) is 3.54. The number of anilines is 1. The predicted octanol–water partition coefficient (Wildman–Crippen LogP) is 3.54. The molecule has 2 N–H and O–H groups in total. The van der Waals surface area contributed by atoms with Crippen molar-refractivity contribution in [1.82, 2.24) is 10.6 Å². The van der Waals surface area contributed by atoms with Crippen molar-refractivity contribution in [2.45, 2.75) is 39.3 Å². The Balaban J connectivity index is 1.54. The van der Waals surface area contributed by atoms with E-state index in [9.17, 15) is 14.4 Å². The summed E-state index contributed by atoms with van der Waals surface area (Å²) in [6.07, 6.45) is 1.03. The number of hydrogen-bond donors (Lipinski definition) is 2. The summed E-state index contributed by atoms with van der Waals surface area (Å²) in [6, 6.07) is 14.4. The van der Waals surface area contributed by atoms with E-state index in [2.05, 4.69) is 10.6 Å². The van der Waals surface area contributed by atoms with E-state index in [4.69, 9.17) is 11.6 Å². The number of carbonyl (C=O) groups excluding carboxylic acids is 3. The Kier molecular flexibility index (Phi) is 7.11. The lowest BCUT2D eigenvalue weighted by Crippen LogP contribution is -2.33. The highest BCUT2D eigenvalue weighted by Gasteiger charge is 2.35. The van der Waals surface area contributed by atoms with Crippen LogP contribution in [0.25, 0.3) is 0 Å². The molecule has 1 aliphatic rings. The van der Waals surface area contributed by atoms with Gasteiger partial charge in [-0.05, 0) is 43.2 Å². The lowest BCUT2D eigenvalue weighted by molar-refractivity contribution is -0.126. The smallest absolute Gasteiger partial charge is 0.251 e. The van der Waals surface area contributed by atoms with Crippen LogP contribution < -0.4 is 15.5 Å². The van der Waals surface area contributed by atoms with Crippen LogP contribution in [0.15, 0.2) is 48.5 Å². The van der Waals surface area contributed by atoms with Gasteiger partial charge >= 0.3 is 0 Å². The fourth-order valence-electron chi connectivity index (χ4n) is 3.30. The van der Waals surface area contributed by atoms with Crippen molar-refractivity contribution in [2.75, 3.05) is 11.4 Å². The molecule has 0 bridgehead atoms. The molecule has 0 saturated carbocycles. The summed E-state index contributed by atoms with van der Waals surface area (Å²) >= 11 is 6.19. The summed E-state index contributed by atoms with van der Waals surface area (Å²) in [5.41, 5.74) is 2.10. The molecule has 30 heavy (non-hydrogen) atoms. The highest BCUT2D eigenvalue weighted by atomic mass is 35.5. The monoisotopic (exact) mass is 427 g/mol. The standard InChI is InChI=1S/C23H26ClN3O3/c1-3-15(2)26-23(30)17-10-8-16(9-11-17)13-25-22(29)18-12-21(28)27(14-18)20-7-5-4-6-19(20)24/h4-11,15,18H,3,12-14H2,1-2H3,(H,25,29)(H,26,30)/t15-,18-/m0/s1. The Morgan fingerprint density at radius 3 is 2.53 bits per heavy atom.